The lowest BCUT2D eigenvalue weighted by Gasteiger charge is -2.08. The van der Waals surface area contributed by atoms with E-state index in [0.717, 1.165) is 22.6 Å². The average Bonchev–Trinajstić information content (AvgIpc) is 3.35. The molecule has 9 nitrogen and oxygen atoms in total. The average molecular weight is 507 g/mol. The minimum atomic E-state index is -0.162. The predicted molar refractivity (Wildman–Crippen MR) is 147 cm³/mol. The summed E-state index contributed by atoms with van der Waals surface area (Å²) in [7, 11) is 0. The molecule has 5 rings (SSSR count). The Morgan fingerprint density at radius 3 is 2.34 bits per heavy atom. The topological polar surface area (TPSA) is 110 Å². The van der Waals surface area contributed by atoms with Crippen LogP contribution in [-0.4, -0.2) is 39.6 Å². The molecule has 0 bridgehead atoms. The van der Waals surface area contributed by atoms with Gasteiger partial charge in [0.1, 0.15) is 12.4 Å². The number of aromatic nitrogens is 3. The summed E-state index contributed by atoms with van der Waals surface area (Å²) in [5, 5.41) is 13.3. The summed E-state index contributed by atoms with van der Waals surface area (Å²) < 4.78 is 7.32. The molecule has 9 heteroatoms. The molecule has 3 aromatic carbocycles. The molecule has 0 aliphatic carbocycles. The lowest BCUT2D eigenvalue weighted by Crippen LogP contribution is -2.28. The Morgan fingerprint density at radius 1 is 0.868 bits per heavy atom. The first-order chi connectivity index (χ1) is 18.5. The van der Waals surface area contributed by atoms with Gasteiger partial charge in [0.25, 0.3) is 5.91 Å². The highest BCUT2D eigenvalue weighted by atomic mass is 16.5. The van der Waals surface area contributed by atoms with Gasteiger partial charge in [-0.3, -0.25) is 9.59 Å². The van der Waals surface area contributed by atoms with Crippen molar-refractivity contribution >= 4 is 34.8 Å². The fraction of sp³-hybridized carbons (Fsp3) is 0.103. The number of pyridine rings is 1. The van der Waals surface area contributed by atoms with Gasteiger partial charge in [0.2, 0.25) is 11.9 Å². The van der Waals surface area contributed by atoms with Gasteiger partial charge >= 0.3 is 0 Å². The van der Waals surface area contributed by atoms with E-state index in [4.69, 9.17) is 4.74 Å². The van der Waals surface area contributed by atoms with Crippen LogP contribution in [0.3, 0.4) is 0 Å². The van der Waals surface area contributed by atoms with Crippen molar-refractivity contribution in [3.05, 3.63) is 103 Å². The van der Waals surface area contributed by atoms with Gasteiger partial charge in [-0.15, -0.1) is 5.10 Å². The molecular weight excluding hydrogens is 480 g/mol. The molecule has 0 radical (unpaired) electrons. The lowest BCUT2D eigenvalue weighted by molar-refractivity contribution is -0.114. The van der Waals surface area contributed by atoms with Gasteiger partial charge in [-0.2, -0.15) is 4.98 Å². The number of ether oxygens (including phenoxy) is 1. The van der Waals surface area contributed by atoms with E-state index in [2.05, 4.69) is 26.0 Å². The van der Waals surface area contributed by atoms with Crippen molar-refractivity contribution in [2.75, 3.05) is 23.8 Å². The zero-order valence-electron chi connectivity index (χ0n) is 20.7. The van der Waals surface area contributed by atoms with Gasteiger partial charge in [-0.05, 0) is 66.2 Å². The van der Waals surface area contributed by atoms with Crippen LogP contribution in [0.1, 0.15) is 17.3 Å². The van der Waals surface area contributed by atoms with E-state index < -0.39 is 0 Å². The zero-order chi connectivity index (χ0) is 26.3. The number of nitrogens with one attached hydrogen (secondary N) is 3. The fourth-order valence-electron chi connectivity index (χ4n) is 3.91. The summed E-state index contributed by atoms with van der Waals surface area (Å²) in [5.74, 6) is 0.928. The van der Waals surface area contributed by atoms with Crippen LogP contribution in [0, 0.1) is 0 Å². The number of fused-ring (bicyclic) bond motifs is 1. The third-order valence-electron chi connectivity index (χ3n) is 5.68. The van der Waals surface area contributed by atoms with Crippen LogP contribution in [0.2, 0.25) is 0 Å². The van der Waals surface area contributed by atoms with E-state index in [1.54, 1.807) is 28.8 Å². The van der Waals surface area contributed by atoms with Gasteiger partial charge in [-0.1, -0.05) is 30.3 Å². The van der Waals surface area contributed by atoms with Gasteiger partial charge in [0, 0.05) is 35.6 Å². The molecule has 0 fully saturated rings. The molecule has 3 N–H and O–H groups in total. The van der Waals surface area contributed by atoms with E-state index in [0.29, 0.717) is 36.0 Å². The van der Waals surface area contributed by atoms with E-state index >= 15 is 0 Å². The summed E-state index contributed by atoms with van der Waals surface area (Å²) in [6, 6.07) is 28.0. The Kier molecular flexibility index (Phi) is 7.26. The molecule has 2 heterocycles. The first kappa shape index (κ1) is 24.5. The van der Waals surface area contributed by atoms with Gasteiger partial charge in [-0.25, -0.2) is 4.52 Å². The number of carbonyl (C=O) groups is 2. The monoisotopic (exact) mass is 506 g/mol. The second kappa shape index (κ2) is 11.3. The van der Waals surface area contributed by atoms with Crippen molar-refractivity contribution in [3.63, 3.8) is 0 Å². The SMILES string of the molecule is CC(=O)Nc1ccc(Nc2nc3c(-c4ccc(C(=O)NCCOc5ccccc5)cc4)cccn3n2)cc1. The first-order valence-corrected chi connectivity index (χ1v) is 12.1. The molecule has 2 aromatic heterocycles. The molecule has 0 unspecified atom stereocenters. The quantitative estimate of drug-likeness (QED) is 0.245. The summed E-state index contributed by atoms with van der Waals surface area (Å²) in [6.07, 6.45) is 1.83. The van der Waals surface area contributed by atoms with Crippen molar-refractivity contribution in [3.8, 4) is 16.9 Å². The molecule has 0 aliphatic rings. The van der Waals surface area contributed by atoms with Crippen LogP contribution in [0.4, 0.5) is 17.3 Å². The number of para-hydroxylation sites is 1. The number of hydrogen-bond acceptors (Lipinski definition) is 6. The zero-order valence-corrected chi connectivity index (χ0v) is 20.7. The Morgan fingerprint density at radius 2 is 1.61 bits per heavy atom. The van der Waals surface area contributed by atoms with Gasteiger partial charge in [0.15, 0.2) is 5.65 Å². The third-order valence-corrected chi connectivity index (χ3v) is 5.68. The predicted octanol–water partition coefficient (Wildman–Crippen LogP) is 4.91. The van der Waals surface area contributed by atoms with Crippen LogP contribution >= 0.6 is 0 Å². The minimum Gasteiger partial charge on any atom is -0.492 e. The number of nitrogens with zero attached hydrogens (tertiary/aromatic N) is 3. The van der Waals surface area contributed by atoms with Crippen molar-refractivity contribution in [2.24, 2.45) is 0 Å². The Labute approximate surface area is 219 Å². The first-order valence-electron chi connectivity index (χ1n) is 12.1. The van der Waals surface area contributed by atoms with Crippen LogP contribution in [0.5, 0.6) is 5.75 Å². The number of rotatable bonds is 9. The Hall–Kier alpha value is -5.18. The second-order valence-corrected chi connectivity index (χ2v) is 8.50. The van der Waals surface area contributed by atoms with Gasteiger partial charge < -0.3 is 20.7 Å². The second-order valence-electron chi connectivity index (χ2n) is 8.50. The molecule has 38 heavy (non-hydrogen) atoms. The summed E-state index contributed by atoms with van der Waals surface area (Å²) in [4.78, 5) is 28.4. The molecule has 190 valence electrons. The third kappa shape index (κ3) is 5.96. The normalized spacial score (nSPS) is 10.7. The van der Waals surface area contributed by atoms with Crippen molar-refractivity contribution in [2.45, 2.75) is 6.92 Å². The molecule has 5 aromatic rings. The van der Waals surface area contributed by atoms with E-state index in [1.807, 2.05) is 72.9 Å². The van der Waals surface area contributed by atoms with E-state index in [-0.39, 0.29) is 11.8 Å². The molecular formula is C29H26N6O3. The Balaban J connectivity index is 1.24. The van der Waals surface area contributed by atoms with Crippen molar-refractivity contribution < 1.29 is 14.3 Å². The number of benzene rings is 3. The van der Waals surface area contributed by atoms with Gasteiger partial charge in [0.05, 0.1) is 6.54 Å². The highest BCUT2D eigenvalue weighted by Crippen LogP contribution is 2.26. The smallest absolute Gasteiger partial charge is 0.251 e. The van der Waals surface area contributed by atoms with E-state index in [1.165, 1.54) is 6.92 Å². The molecule has 0 saturated heterocycles. The summed E-state index contributed by atoms with van der Waals surface area (Å²) >= 11 is 0. The fourth-order valence-corrected chi connectivity index (χ4v) is 3.91. The Bertz CT molecular complexity index is 1550. The minimum absolute atomic E-state index is 0.123. The van der Waals surface area contributed by atoms with Crippen molar-refractivity contribution in [1.82, 2.24) is 19.9 Å². The molecule has 2 amide bonds. The largest absolute Gasteiger partial charge is 0.492 e. The summed E-state index contributed by atoms with van der Waals surface area (Å²) in [6.45, 7) is 2.26. The van der Waals surface area contributed by atoms with E-state index in [9.17, 15) is 9.59 Å². The molecule has 0 aliphatic heterocycles. The summed E-state index contributed by atoms with van der Waals surface area (Å²) in [5.41, 5.74) is 4.55. The molecule has 0 saturated carbocycles. The molecule has 0 atom stereocenters. The highest BCUT2D eigenvalue weighted by molar-refractivity contribution is 5.95. The van der Waals surface area contributed by atoms with Crippen LogP contribution in [-0.2, 0) is 4.79 Å². The lowest BCUT2D eigenvalue weighted by atomic mass is 10.0. The number of anilines is 3. The molecule has 0 spiro atoms. The maximum atomic E-state index is 12.5. The highest BCUT2D eigenvalue weighted by Gasteiger charge is 2.12. The number of amides is 2. The van der Waals surface area contributed by atoms with Crippen LogP contribution < -0.4 is 20.7 Å². The maximum Gasteiger partial charge on any atom is 0.251 e. The number of hydrogen-bond donors (Lipinski definition) is 3. The van der Waals surface area contributed by atoms with Crippen LogP contribution in [0.25, 0.3) is 16.8 Å². The standard InChI is InChI=1S/C29H26N6O3/c1-20(36)31-23-13-15-24(16-14-23)32-29-33-27-26(8-5-18-35(27)34-29)21-9-11-22(12-10-21)28(37)30-17-19-38-25-6-3-2-4-7-25/h2-16,18H,17,19H2,1H3,(H,30,37)(H,31,36)(H,32,34). The van der Waals surface area contributed by atoms with Crippen molar-refractivity contribution in [1.29, 1.82) is 0 Å². The van der Waals surface area contributed by atoms with Crippen LogP contribution in [0.15, 0.2) is 97.2 Å². The number of carbonyl (C=O) groups excluding carboxylic acids is 2. The maximum absolute atomic E-state index is 12.5.